The minimum atomic E-state index is -0.472. The molecule has 0 saturated heterocycles. The van der Waals surface area contributed by atoms with Gasteiger partial charge in [0.05, 0.1) is 0 Å². The van der Waals surface area contributed by atoms with Crippen LogP contribution in [-0.2, 0) is 16.0 Å². The highest BCUT2D eigenvalue weighted by Gasteiger charge is 2.22. The van der Waals surface area contributed by atoms with Crippen molar-refractivity contribution in [2.45, 2.75) is 45.6 Å². The summed E-state index contributed by atoms with van der Waals surface area (Å²) in [5, 5.41) is 0.717. The zero-order valence-electron chi connectivity index (χ0n) is 10.6. The molecule has 0 aliphatic carbocycles. The van der Waals surface area contributed by atoms with E-state index in [9.17, 15) is 4.79 Å². The molecular formula is C14H19ClO2. The van der Waals surface area contributed by atoms with Gasteiger partial charge in [-0.05, 0) is 38.0 Å². The Balaban J connectivity index is 2.59. The van der Waals surface area contributed by atoms with Crippen LogP contribution in [0.15, 0.2) is 24.3 Å². The van der Waals surface area contributed by atoms with Crippen LogP contribution >= 0.6 is 11.6 Å². The van der Waals surface area contributed by atoms with E-state index in [1.54, 1.807) is 0 Å². The number of ether oxygens (including phenoxy) is 1. The van der Waals surface area contributed by atoms with E-state index in [4.69, 9.17) is 16.3 Å². The average molecular weight is 255 g/mol. The van der Waals surface area contributed by atoms with Gasteiger partial charge in [-0.2, -0.15) is 0 Å². The third-order valence-corrected chi connectivity index (χ3v) is 2.64. The molecule has 1 aromatic carbocycles. The molecule has 0 bridgehead atoms. The molecule has 2 nitrogen and oxygen atoms in total. The van der Waals surface area contributed by atoms with E-state index >= 15 is 0 Å². The van der Waals surface area contributed by atoms with Crippen LogP contribution < -0.4 is 0 Å². The lowest BCUT2D eigenvalue weighted by atomic mass is 9.98. The summed E-state index contributed by atoms with van der Waals surface area (Å²) >= 11 is 5.82. The summed E-state index contributed by atoms with van der Waals surface area (Å²) in [7, 11) is 0. The average Bonchev–Trinajstić information content (AvgIpc) is 2.20. The summed E-state index contributed by atoms with van der Waals surface area (Å²) in [6.45, 7) is 5.82. The van der Waals surface area contributed by atoms with Crippen LogP contribution in [0.2, 0.25) is 5.02 Å². The van der Waals surface area contributed by atoms with Crippen molar-refractivity contribution in [3.63, 3.8) is 0 Å². The highest BCUT2D eigenvalue weighted by molar-refractivity contribution is 6.30. The monoisotopic (exact) mass is 254 g/mol. The molecule has 3 heteroatoms. The number of esters is 1. The molecule has 94 valence electrons. The highest BCUT2D eigenvalue weighted by Crippen LogP contribution is 2.19. The molecule has 0 N–H and O–H groups in total. The molecule has 0 unspecified atom stereocenters. The Hall–Kier alpha value is -1.02. The van der Waals surface area contributed by atoms with E-state index in [2.05, 4.69) is 0 Å². The number of hydrogen-bond acceptors (Lipinski definition) is 2. The lowest BCUT2D eigenvalue weighted by molar-refractivity contribution is -0.156. The number of rotatable bonds is 5. The van der Waals surface area contributed by atoms with E-state index in [0.29, 0.717) is 12.8 Å². The molecule has 17 heavy (non-hydrogen) atoms. The van der Waals surface area contributed by atoms with Gasteiger partial charge in [0, 0.05) is 17.9 Å². The molecule has 1 aromatic rings. The van der Waals surface area contributed by atoms with Crippen molar-refractivity contribution in [2.75, 3.05) is 0 Å². The second-order valence-electron chi connectivity index (χ2n) is 4.79. The minimum absolute atomic E-state index is 0.133. The normalized spacial score (nSPS) is 11.3. The highest BCUT2D eigenvalue weighted by atomic mass is 35.5. The first-order valence-corrected chi connectivity index (χ1v) is 6.27. The fraction of sp³-hybridized carbons (Fsp3) is 0.500. The van der Waals surface area contributed by atoms with E-state index in [1.165, 1.54) is 0 Å². The first-order valence-electron chi connectivity index (χ1n) is 5.89. The second kappa shape index (κ2) is 6.06. The molecule has 0 spiro atoms. The Morgan fingerprint density at radius 1 is 1.29 bits per heavy atom. The predicted octanol–water partition coefficient (Wildman–Crippen LogP) is 4.00. The van der Waals surface area contributed by atoms with Gasteiger partial charge in [-0.15, -0.1) is 0 Å². The molecule has 0 aromatic heterocycles. The van der Waals surface area contributed by atoms with Crippen molar-refractivity contribution in [1.29, 1.82) is 0 Å². The summed E-state index contributed by atoms with van der Waals surface area (Å²) in [4.78, 5) is 11.5. The van der Waals surface area contributed by atoms with Gasteiger partial charge in [0.1, 0.15) is 5.60 Å². The lowest BCUT2D eigenvalue weighted by Gasteiger charge is -2.25. The summed E-state index contributed by atoms with van der Waals surface area (Å²) in [5.41, 5.74) is 0.642. The molecule has 0 aliphatic heterocycles. The van der Waals surface area contributed by atoms with E-state index in [0.717, 1.165) is 17.0 Å². The van der Waals surface area contributed by atoms with Crippen LogP contribution in [0.4, 0.5) is 0 Å². The predicted molar refractivity (Wildman–Crippen MR) is 70.2 cm³/mol. The number of halogens is 1. The van der Waals surface area contributed by atoms with Crippen LogP contribution in [-0.4, -0.2) is 11.6 Å². The van der Waals surface area contributed by atoms with Crippen molar-refractivity contribution in [2.24, 2.45) is 0 Å². The summed E-state index contributed by atoms with van der Waals surface area (Å²) in [6.07, 6.45) is 1.99. The number of carbonyl (C=O) groups excluding carboxylic acids is 1. The zero-order chi connectivity index (χ0) is 12.9. The van der Waals surface area contributed by atoms with E-state index in [-0.39, 0.29) is 5.97 Å². The summed E-state index contributed by atoms with van der Waals surface area (Å²) in [5.74, 6) is -0.133. The Kier molecular flexibility index (Phi) is 5.01. The van der Waals surface area contributed by atoms with Gasteiger partial charge in [-0.3, -0.25) is 4.79 Å². The van der Waals surface area contributed by atoms with Crippen molar-refractivity contribution >= 4 is 17.6 Å². The molecule has 0 saturated carbocycles. The number of carbonyl (C=O) groups is 1. The molecule has 1 rings (SSSR count). The standard InChI is InChI=1S/C14H19ClO2/c1-4-5-13(16)17-14(2,3)10-11-6-8-12(15)9-7-11/h6-9H,4-5,10H2,1-3H3. The first kappa shape index (κ1) is 14.0. The summed E-state index contributed by atoms with van der Waals surface area (Å²) < 4.78 is 5.44. The SMILES string of the molecule is CCCC(=O)OC(C)(C)Cc1ccc(Cl)cc1. The molecule has 0 amide bonds. The fourth-order valence-electron chi connectivity index (χ4n) is 1.69. The van der Waals surface area contributed by atoms with Crippen LogP contribution in [0.3, 0.4) is 0 Å². The first-order chi connectivity index (χ1) is 7.93. The smallest absolute Gasteiger partial charge is 0.306 e. The van der Waals surface area contributed by atoms with E-state index < -0.39 is 5.60 Å². The topological polar surface area (TPSA) is 26.3 Å². The van der Waals surface area contributed by atoms with Gasteiger partial charge in [-0.25, -0.2) is 0 Å². The molecule has 0 radical (unpaired) electrons. The maximum atomic E-state index is 11.5. The van der Waals surface area contributed by atoms with Crippen molar-refractivity contribution in [3.8, 4) is 0 Å². The number of hydrogen-bond donors (Lipinski definition) is 0. The molecule has 0 aliphatic rings. The zero-order valence-corrected chi connectivity index (χ0v) is 11.4. The lowest BCUT2D eigenvalue weighted by Crippen LogP contribution is -2.30. The van der Waals surface area contributed by atoms with Gasteiger partial charge < -0.3 is 4.74 Å². The van der Waals surface area contributed by atoms with E-state index in [1.807, 2.05) is 45.0 Å². The van der Waals surface area contributed by atoms with Gasteiger partial charge in [-0.1, -0.05) is 30.7 Å². The van der Waals surface area contributed by atoms with Crippen LogP contribution in [0.25, 0.3) is 0 Å². The fourth-order valence-corrected chi connectivity index (χ4v) is 1.82. The van der Waals surface area contributed by atoms with Crippen LogP contribution in [0.1, 0.15) is 39.2 Å². The van der Waals surface area contributed by atoms with Crippen molar-refractivity contribution < 1.29 is 9.53 Å². The van der Waals surface area contributed by atoms with Crippen molar-refractivity contribution in [3.05, 3.63) is 34.9 Å². The van der Waals surface area contributed by atoms with Crippen LogP contribution in [0.5, 0.6) is 0 Å². The van der Waals surface area contributed by atoms with Crippen LogP contribution in [0, 0.1) is 0 Å². The maximum absolute atomic E-state index is 11.5. The van der Waals surface area contributed by atoms with Gasteiger partial charge in [0.15, 0.2) is 0 Å². The molecular weight excluding hydrogens is 236 g/mol. The third kappa shape index (κ3) is 5.22. The quantitative estimate of drug-likeness (QED) is 0.743. The maximum Gasteiger partial charge on any atom is 0.306 e. The third-order valence-electron chi connectivity index (χ3n) is 2.39. The number of benzene rings is 1. The van der Waals surface area contributed by atoms with Gasteiger partial charge in [0.2, 0.25) is 0 Å². The minimum Gasteiger partial charge on any atom is -0.459 e. The van der Waals surface area contributed by atoms with Gasteiger partial charge in [0.25, 0.3) is 0 Å². The van der Waals surface area contributed by atoms with Crippen molar-refractivity contribution in [1.82, 2.24) is 0 Å². The Labute approximate surface area is 108 Å². The second-order valence-corrected chi connectivity index (χ2v) is 5.22. The Morgan fingerprint density at radius 2 is 1.88 bits per heavy atom. The molecule has 0 fully saturated rings. The van der Waals surface area contributed by atoms with Gasteiger partial charge >= 0.3 is 5.97 Å². The molecule has 0 heterocycles. The Bertz CT molecular complexity index is 368. The molecule has 0 atom stereocenters. The largest absolute Gasteiger partial charge is 0.459 e. The summed E-state index contributed by atoms with van der Waals surface area (Å²) in [6, 6.07) is 7.61. The Morgan fingerprint density at radius 3 is 2.41 bits per heavy atom.